The van der Waals surface area contributed by atoms with Crippen molar-refractivity contribution in [2.24, 2.45) is 0 Å². The molecule has 1 N–H and O–H groups in total. The molecule has 1 nitrogen and oxygen atoms in total. The van der Waals surface area contributed by atoms with Gasteiger partial charge in [0.25, 0.3) is 0 Å². The summed E-state index contributed by atoms with van der Waals surface area (Å²) in [4.78, 5) is 3.35. The topological polar surface area (TPSA) is 15.8 Å². The van der Waals surface area contributed by atoms with Gasteiger partial charge in [-0.3, -0.25) is 0 Å². The van der Waals surface area contributed by atoms with Crippen LogP contribution in [0.25, 0.3) is 23.1 Å². The standard InChI is InChI=1S/C16H10BrCl2N/c17-12-3-2-11-7-15(20-16(11)8-12)4-1-10-5-13(18)9-14(19)6-10/h1-9,20H. The first-order valence-corrected chi connectivity index (χ1v) is 7.57. The minimum atomic E-state index is 0.637. The Hall–Kier alpha value is -1.22. The largest absolute Gasteiger partial charge is 0.355 e. The molecule has 0 amide bonds. The van der Waals surface area contributed by atoms with Crippen LogP contribution in [-0.4, -0.2) is 4.98 Å². The van der Waals surface area contributed by atoms with Crippen molar-refractivity contribution >= 4 is 62.2 Å². The van der Waals surface area contributed by atoms with Crippen LogP contribution in [0.1, 0.15) is 11.3 Å². The van der Waals surface area contributed by atoms with Gasteiger partial charge in [-0.05, 0) is 48.0 Å². The number of hydrogen-bond donors (Lipinski definition) is 1. The molecule has 0 atom stereocenters. The number of H-pyrrole nitrogens is 1. The first kappa shape index (κ1) is 13.7. The molecule has 0 unspecified atom stereocenters. The second-order valence-electron chi connectivity index (χ2n) is 4.49. The van der Waals surface area contributed by atoms with Crippen LogP contribution >= 0.6 is 39.1 Å². The maximum Gasteiger partial charge on any atom is 0.0469 e. The monoisotopic (exact) mass is 365 g/mol. The van der Waals surface area contributed by atoms with Crippen LogP contribution < -0.4 is 0 Å². The van der Waals surface area contributed by atoms with Crippen LogP contribution in [0, 0.1) is 0 Å². The molecule has 0 saturated heterocycles. The van der Waals surface area contributed by atoms with Gasteiger partial charge in [0.05, 0.1) is 0 Å². The summed E-state index contributed by atoms with van der Waals surface area (Å²) in [6.07, 6.45) is 3.99. The van der Waals surface area contributed by atoms with E-state index in [1.54, 1.807) is 6.07 Å². The SMILES string of the molecule is Clc1cc(Cl)cc(C=Cc2cc3ccc(Br)cc3[nH]2)c1. The Balaban J connectivity index is 1.93. The molecule has 0 fully saturated rings. The second kappa shape index (κ2) is 5.65. The van der Waals surface area contributed by atoms with Gasteiger partial charge in [-0.2, -0.15) is 0 Å². The highest BCUT2D eigenvalue weighted by atomic mass is 79.9. The number of hydrogen-bond acceptors (Lipinski definition) is 0. The number of halogens is 3. The summed E-state index contributed by atoms with van der Waals surface area (Å²) < 4.78 is 1.06. The van der Waals surface area contributed by atoms with Crippen molar-refractivity contribution in [1.82, 2.24) is 4.98 Å². The van der Waals surface area contributed by atoms with Crippen molar-refractivity contribution in [1.29, 1.82) is 0 Å². The molecule has 0 saturated carbocycles. The van der Waals surface area contributed by atoms with Crippen molar-refractivity contribution < 1.29 is 0 Å². The van der Waals surface area contributed by atoms with Gasteiger partial charge < -0.3 is 4.98 Å². The maximum absolute atomic E-state index is 5.98. The average molecular weight is 367 g/mol. The van der Waals surface area contributed by atoms with E-state index in [2.05, 4.69) is 39.1 Å². The molecule has 2 aromatic carbocycles. The van der Waals surface area contributed by atoms with Crippen molar-refractivity contribution in [2.75, 3.05) is 0 Å². The number of benzene rings is 2. The number of nitrogens with one attached hydrogen (secondary N) is 1. The van der Waals surface area contributed by atoms with Crippen molar-refractivity contribution in [3.05, 3.63) is 68.2 Å². The Kier molecular flexibility index (Phi) is 3.88. The molecule has 0 bridgehead atoms. The molecule has 1 heterocycles. The minimum Gasteiger partial charge on any atom is -0.355 e. The van der Waals surface area contributed by atoms with Crippen LogP contribution in [0.3, 0.4) is 0 Å². The summed E-state index contributed by atoms with van der Waals surface area (Å²) in [6.45, 7) is 0. The first-order chi connectivity index (χ1) is 9.60. The summed E-state index contributed by atoms with van der Waals surface area (Å²) in [7, 11) is 0. The fourth-order valence-corrected chi connectivity index (χ4v) is 2.97. The van der Waals surface area contributed by atoms with Gasteiger partial charge in [0, 0.05) is 31.1 Å². The average Bonchev–Trinajstić information content (AvgIpc) is 2.77. The summed E-state index contributed by atoms with van der Waals surface area (Å²) >= 11 is 15.4. The lowest BCUT2D eigenvalue weighted by molar-refractivity contribution is 1.43. The van der Waals surface area contributed by atoms with E-state index in [0.717, 1.165) is 21.2 Å². The Labute approximate surface area is 135 Å². The molecule has 20 heavy (non-hydrogen) atoms. The van der Waals surface area contributed by atoms with E-state index < -0.39 is 0 Å². The lowest BCUT2D eigenvalue weighted by atomic mass is 10.2. The summed E-state index contributed by atoms with van der Waals surface area (Å²) in [5.74, 6) is 0. The third-order valence-corrected chi connectivity index (χ3v) is 3.88. The second-order valence-corrected chi connectivity index (χ2v) is 6.28. The van der Waals surface area contributed by atoms with E-state index in [4.69, 9.17) is 23.2 Å². The third-order valence-electron chi connectivity index (χ3n) is 2.95. The van der Waals surface area contributed by atoms with Gasteiger partial charge in [-0.25, -0.2) is 0 Å². The van der Waals surface area contributed by atoms with Gasteiger partial charge in [0.15, 0.2) is 0 Å². The summed E-state index contributed by atoms with van der Waals surface area (Å²) in [5, 5.41) is 2.45. The van der Waals surface area contributed by atoms with Crippen molar-refractivity contribution in [3.63, 3.8) is 0 Å². The molecule has 100 valence electrons. The lowest BCUT2D eigenvalue weighted by Gasteiger charge is -1.96. The molecule has 0 aliphatic heterocycles. The van der Waals surface area contributed by atoms with E-state index in [9.17, 15) is 0 Å². The Bertz CT molecular complexity index is 785. The molecule has 0 spiro atoms. The van der Waals surface area contributed by atoms with Crippen molar-refractivity contribution in [3.8, 4) is 0 Å². The number of aromatic nitrogens is 1. The summed E-state index contributed by atoms with van der Waals surface area (Å²) in [5.41, 5.74) is 3.11. The third kappa shape index (κ3) is 3.09. The molecular formula is C16H10BrCl2N. The zero-order valence-corrected chi connectivity index (χ0v) is 13.4. The lowest BCUT2D eigenvalue weighted by Crippen LogP contribution is -1.74. The van der Waals surface area contributed by atoms with Gasteiger partial charge in [-0.15, -0.1) is 0 Å². The van der Waals surface area contributed by atoms with Crippen LogP contribution in [0.4, 0.5) is 0 Å². The zero-order chi connectivity index (χ0) is 14.1. The van der Waals surface area contributed by atoms with Crippen LogP contribution in [-0.2, 0) is 0 Å². The number of aromatic amines is 1. The first-order valence-electron chi connectivity index (χ1n) is 6.03. The highest BCUT2D eigenvalue weighted by Gasteiger charge is 1.99. The number of fused-ring (bicyclic) bond motifs is 1. The molecule has 0 aliphatic carbocycles. The van der Waals surface area contributed by atoms with Crippen LogP contribution in [0.2, 0.25) is 10.0 Å². The van der Waals surface area contributed by atoms with Crippen LogP contribution in [0.5, 0.6) is 0 Å². The smallest absolute Gasteiger partial charge is 0.0469 e. The molecule has 0 radical (unpaired) electrons. The normalized spacial score (nSPS) is 11.6. The predicted molar refractivity (Wildman–Crippen MR) is 91.4 cm³/mol. The van der Waals surface area contributed by atoms with Crippen LogP contribution in [0.15, 0.2) is 46.9 Å². The Morgan fingerprint density at radius 1 is 0.900 bits per heavy atom. The molecular weight excluding hydrogens is 357 g/mol. The van der Waals surface area contributed by atoms with E-state index in [-0.39, 0.29) is 0 Å². The fourth-order valence-electron chi connectivity index (χ4n) is 2.07. The predicted octanol–water partition coefficient (Wildman–Crippen LogP) is 6.41. The highest BCUT2D eigenvalue weighted by Crippen LogP contribution is 2.23. The van der Waals surface area contributed by atoms with Gasteiger partial charge >= 0.3 is 0 Å². The van der Waals surface area contributed by atoms with E-state index in [1.165, 1.54) is 5.39 Å². The quantitative estimate of drug-likeness (QED) is 0.539. The molecule has 3 aromatic rings. The van der Waals surface area contributed by atoms with Gasteiger partial charge in [0.1, 0.15) is 0 Å². The zero-order valence-electron chi connectivity index (χ0n) is 10.3. The van der Waals surface area contributed by atoms with Gasteiger partial charge in [0.2, 0.25) is 0 Å². The molecule has 1 aromatic heterocycles. The number of rotatable bonds is 2. The van der Waals surface area contributed by atoms with E-state index in [1.807, 2.05) is 30.4 Å². The van der Waals surface area contributed by atoms with Crippen molar-refractivity contribution in [2.45, 2.75) is 0 Å². The highest BCUT2D eigenvalue weighted by molar-refractivity contribution is 9.10. The molecule has 0 aliphatic rings. The molecule has 4 heteroatoms. The summed E-state index contributed by atoms with van der Waals surface area (Å²) in [6, 6.07) is 13.7. The van der Waals surface area contributed by atoms with E-state index in [0.29, 0.717) is 10.0 Å². The Morgan fingerprint density at radius 2 is 1.65 bits per heavy atom. The van der Waals surface area contributed by atoms with E-state index >= 15 is 0 Å². The Morgan fingerprint density at radius 3 is 2.40 bits per heavy atom. The van der Waals surface area contributed by atoms with Gasteiger partial charge in [-0.1, -0.05) is 51.3 Å². The maximum atomic E-state index is 5.98. The minimum absolute atomic E-state index is 0.637. The molecule has 3 rings (SSSR count). The fraction of sp³-hybridized carbons (Fsp3) is 0.